The Morgan fingerprint density at radius 3 is 2.47 bits per heavy atom. The summed E-state index contributed by atoms with van der Waals surface area (Å²) in [6, 6.07) is 0. The SMILES string of the molecule is C=CCCCCCCC[C@H](C)CCOC(C)=O. The van der Waals surface area contributed by atoms with E-state index in [-0.39, 0.29) is 5.97 Å². The van der Waals surface area contributed by atoms with Gasteiger partial charge < -0.3 is 4.74 Å². The molecule has 0 radical (unpaired) electrons. The molecule has 0 aromatic carbocycles. The molecule has 0 aliphatic carbocycles. The fourth-order valence-electron chi connectivity index (χ4n) is 1.86. The van der Waals surface area contributed by atoms with Gasteiger partial charge in [-0.25, -0.2) is 0 Å². The fraction of sp³-hybridized carbons (Fsp3) is 0.800. The Morgan fingerprint density at radius 1 is 1.18 bits per heavy atom. The molecule has 0 saturated heterocycles. The molecule has 0 aliphatic heterocycles. The van der Waals surface area contributed by atoms with E-state index in [2.05, 4.69) is 13.5 Å². The van der Waals surface area contributed by atoms with E-state index in [1.165, 1.54) is 45.4 Å². The number of ether oxygens (including phenoxy) is 1. The number of carbonyl (C=O) groups is 1. The first-order chi connectivity index (χ1) is 8.16. The highest BCUT2D eigenvalue weighted by molar-refractivity contribution is 5.65. The summed E-state index contributed by atoms with van der Waals surface area (Å²) >= 11 is 0. The maximum atomic E-state index is 10.6. The van der Waals surface area contributed by atoms with E-state index in [1.807, 2.05) is 6.08 Å². The first-order valence-electron chi connectivity index (χ1n) is 6.91. The molecule has 0 saturated carbocycles. The van der Waals surface area contributed by atoms with Crippen molar-refractivity contribution < 1.29 is 9.53 Å². The van der Waals surface area contributed by atoms with Crippen molar-refractivity contribution in [2.24, 2.45) is 5.92 Å². The summed E-state index contributed by atoms with van der Waals surface area (Å²) < 4.78 is 4.94. The summed E-state index contributed by atoms with van der Waals surface area (Å²) in [5, 5.41) is 0. The largest absolute Gasteiger partial charge is 0.466 e. The van der Waals surface area contributed by atoms with Crippen LogP contribution in [-0.4, -0.2) is 12.6 Å². The number of carbonyl (C=O) groups excluding carboxylic acids is 1. The quantitative estimate of drug-likeness (QED) is 0.302. The van der Waals surface area contributed by atoms with Gasteiger partial charge >= 0.3 is 5.97 Å². The van der Waals surface area contributed by atoms with Crippen LogP contribution in [0.3, 0.4) is 0 Å². The molecule has 0 rings (SSSR count). The van der Waals surface area contributed by atoms with Crippen molar-refractivity contribution in [2.45, 2.75) is 65.2 Å². The Kier molecular flexibility index (Phi) is 11.1. The van der Waals surface area contributed by atoms with Crippen LogP contribution in [-0.2, 0) is 9.53 Å². The molecule has 0 aromatic heterocycles. The molecule has 2 heteroatoms. The van der Waals surface area contributed by atoms with Gasteiger partial charge in [0, 0.05) is 6.92 Å². The Labute approximate surface area is 106 Å². The molecule has 0 N–H and O–H groups in total. The van der Waals surface area contributed by atoms with Gasteiger partial charge in [0.05, 0.1) is 6.61 Å². The van der Waals surface area contributed by atoms with E-state index in [1.54, 1.807) is 0 Å². The third-order valence-electron chi connectivity index (χ3n) is 3.02. The van der Waals surface area contributed by atoms with Gasteiger partial charge in [-0.3, -0.25) is 4.79 Å². The van der Waals surface area contributed by atoms with Crippen LogP contribution in [0.5, 0.6) is 0 Å². The molecule has 0 spiro atoms. The van der Waals surface area contributed by atoms with Gasteiger partial charge in [-0.2, -0.15) is 0 Å². The van der Waals surface area contributed by atoms with Crippen molar-refractivity contribution in [3.05, 3.63) is 12.7 Å². The molecule has 17 heavy (non-hydrogen) atoms. The zero-order valence-corrected chi connectivity index (χ0v) is 11.5. The van der Waals surface area contributed by atoms with E-state index < -0.39 is 0 Å². The molecule has 0 aromatic rings. The van der Waals surface area contributed by atoms with Crippen LogP contribution in [0.15, 0.2) is 12.7 Å². The second-order valence-corrected chi connectivity index (χ2v) is 4.87. The van der Waals surface area contributed by atoms with Gasteiger partial charge in [-0.1, -0.05) is 45.1 Å². The highest BCUT2D eigenvalue weighted by Crippen LogP contribution is 2.14. The minimum atomic E-state index is -0.167. The van der Waals surface area contributed by atoms with Crippen LogP contribution in [0.1, 0.15) is 65.2 Å². The number of unbranched alkanes of at least 4 members (excludes halogenated alkanes) is 5. The molecule has 100 valence electrons. The molecular formula is C15H28O2. The van der Waals surface area contributed by atoms with Crippen molar-refractivity contribution in [3.63, 3.8) is 0 Å². The average Bonchev–Trinajstić information content (AvgIpc) is 2.27. The van der Waals surface area contributed by atoms with Crippen LogP contribution in [0.2, 0.25) is 0 Å². The van der Waals surface area contributed by atoms with Crippen molar-refractivity contribution in [3.8, 4) is 0 Å². The second kappa shape index (κ2) is 11.7. The number of hydrogen-bond donors (Lipinski definition) is 0. The van der Waals surface area contributed by atoms with Crippen LogP contribution in [0.25, 0.3) is 0 Å². The highest BCUT2D eigenvalue weighted by atomic mass is 16.5. The zero-order chi connectivity index (χ0) is 12.9. The normalized spacial score (nSPS) is 12.1. The Hall–Kier alpha value is -0.790. The highest BCUT2D eigenvalue weighted by Gasteiger charge is 2.03. The summed E-state index contributed by atoms with van der Waals surface area (Å²) in [7, 11) is 0. The summed E-state index contributed by atoms with van der Waals surface area (Å²) in [6.07, 6.45) is 12.0. The summed E-state index contributed by atoms with van der Waals surface area (Å²) in [6.45, 7) is 8.01. The Bertz CT molecular complexity index is 199. The number of rotatable bonds is 11. The van der Waals surface area contributed by atoms with Crippen molar-refractivity contribution >= 4 is 5.97 Å². The third kappa shape index (κ3) is 13.1. The van der Waals surface area contributed by atoms with E-state index in [9.17, 15) is 4.79 Å². The van der Waals surface area contributed by atoms with Crippen molar-refractivity contribution in [1.82, 2.24) is 0 Å². The van der Waals surface area contributed by atoms with Crippen LogP contribution < -0.4 is 0 Å². The predicted molar refractivity (Wildman–Crippen MR) is 72.9 cm³/mol. The van der Waals surface area contributed by atoms with E-state index in [4.69, 9.17) is 4.74 Å². The standard InChI is InChI=1S/C15H28O2/c1-4-5-6-7-8-9-10-11-14(2)12-13-17-15(3)16/h4,14H,1,5-13H2,2-3H3/t14-/m0/s1. The minimum Gasteiger partial charge on any atom is -0.466 e. The monoisotopic (exact) mass is 240 g/mol. The van der Waals surface area contributed by atoms with Crippen LogP contribution in [0.4, 0.5) is 0 Å². The number of allylic oxidation sites excluding steroid dienone is 1. The lowest BCUT2D eigenvalue weighted by Gasteiger charge is -2.10. The van der Waals surface area contributed by atoms with E-state index in [0.29, 0.717) is 12.5 Å². The van der Waals surface area contributed by atoms with Gasteiger partial charge in [0.1, 0.15) is 0 Å². The van der Waals surface area contributed by atoms with Gasteiger partial charge in [0.2, 0.25) is 0 Å². The molecule has 0 bridgehead atoms. The molecule has 1 atom stereocenters. The van der Waals surface area contributed by atoms with Gasteiger partial charge in [-0.05, 0) is 25.2 Å². The Morgan fingerprint density at radius 2 is 1.82 bits per heavy atom. The minimum absolute atomic E-state index is 0.167. The van der Waals surface area contributed by atoms with Crippen LogP contribution in [0, 0.1) is 5.92 Å². The van der Waals surface area contributed by atoms with Gasteiger partial charge in [-0.15, -0.1) is 6.58 Å². The van der Waals surface area contributed by atoms with Gasteiger partial charge in [0.25, 0.3) is 0 Å². The summed E-state index contributed by atoms with van der Waals surface area (Å²) in [4.78, 5) is 10.6. The lowest BCUT2D eigenvalue weighted by Crippen LogP contribution is -2.05. The summed E-state index contributed by atoms with van der Waals surface area (Å²) in [5.41, 5.74) is 0. The lowest BCUT2D eigenvalue weighted by atomic mass is 9.99. The first kappa shape index (κ1) is 16.2. The smallest absolute Gasteiger partial charge is 0.302 e. The average molecular weight is 240 g/mol. The van der Waals surface area contributed by atoms with Crippen LogP contribution >= 0.6 is 0 Å². The second-order valence-electron chi connectivity index (χ2n) is 4.87. The number of hydrogen-bond acceptors (Lipinski definition) is 2. The fourth-order valence-corrected chi connectivity index (χ4v) is 1.86. The van der Waals surface area contributed by atoms with Crippen molar-refractivity contribution in [1.29, 1.82) is 0 Å². The van der Waals surface area contributed by atoms with E-state index in [0.717, 1.165) is 12.8 Å². The van der Waals surface area contributed by atoms with Crippen molar-refractivity contribution in [2.75, 3.05) is 6.61 Å². The maximum Gasteiger partial charge on any atom is 0.302 e. The topological polar surface area (TPSA) is 26.3 Å². The molecule has 2 nitrogen and oxygen atoms in total. The molecule has 0 heterocycles. The maximum absolute atomic E-state index is 10.6. The summed E-state index contributed by atoms with van der Waals surface area (Å²) in [5.74, 6) is 0.502. The van der Waals surface area contributed by atoms with E-state index >= 15 is 0 Å². The Balaban J connectivity index is 3.18. The molecule has 0 amide bonds. The third-order valence-corrected chi connectivity index (χ3v) is 3.02. The number of esters is 1. The lowest BCUT2D eigenvalue weighted by molar-refractivity contribution is -0.141. The zero-order valence-electron chi connectivity index (χ0n) is 11.5. The molecule has 0 fully saturated rings. The molecule has 0 unspecified atom stereocenters. The predicted octanol–water partition coefficient (Wildman–Crippen LogP) is 4.49. The van der Waals surface area contributed by atoms with Gasteiger partial charge in [0.15, 0.2) is 0 Å². The first-order valence-corrected chi connectivity index (χ1v) is 6.91. The molecule has 0 aliphatic rings. The molecular weight excluding hydrogens is 212 g/mol.